The second-order valence-electron chi connectivity index (χ2n) is 12.8. The van der Waals surface area contributed by atoms with Crippen molar-refractivity contribution in [2.24, 2.45) is 29.1 Å². The van der Waals surface area contributed by atoms with Crippen LogP contribution in [0.25, 0.3) is 0 Å². The Balaban J connectivity index is 1.51. The fraction of sp³-hybridized carbons (Fsp3) is 0.862. The smallest absolute Gasteiger partial charge is 0.0602 e. The zero-order valence-corrected chi connectivity index (χ0v) is 21.1. The highest BCUT2D eigenvalue weighted by Gasteiger charge is 2.50. The molecule has 6 atom stereocenters. The third-order valence-corrected chi connectivity index (χ3v) is 9.45. The van der Waals surface area contributed by atoms with Gasteiger partial charge in [0, 0.05) is 0 Å². The SMILES string of the molecule is C[C@H](CCCC(C)(C)O)[C@H]1CC[C@H]2/C(=C/C(=C3C[C@@H](O)C[C@H](O)C3)C3CC3)CCC[C@]12C. The van der Waals surface area contributed by atoms with Crippen LogP contribution < -0.4 is 0 Å². The van der Waals surface area contributed by atoms with E-state index in [9.17, 15) is 15.3 Å². The molecule has 0 aromatic rings. The predicted octanol–water partition coefficient (Wildman–Crippen LogP) is 6.32. The van der Waals surface area contributed by atoms with E-state index in [-0.39, 0.29) is 12.2 Å². The van der Waals surface area contributed by atoms with Crippen molar-refractivity contribution in [3.05, 3.63) is 22.8 Å². The number of aliphatic hydroxyl groups excluding tert-OH is 2. The molecule has 32 heavy (non-hydrogen) atoms. The molecule has 3 nitrogen and oxygen atoms in total. The van der Waals surface area contributed by atoms with Gasteiger partial charge < -0.3 is 15.3 Å². The minimum absolute atomic E-state index is 0.377. The Bertz CT molecular complexity index is 713. The zero-order valence-electron chi connectivity index (χ0n) is 21.1. The van der Waals surface area contributed by atoms with Crippen LogP contribution in [0.4, 0.5) is 0 Å². The van der Waals surface area contributed by atoms with E-state index in [1.165, 1.54) is 62.5 Å². The van der Waals surface area contributed by atoms with Crippen molar-refractivity contribution in [1.82, 2.24) is 0 Å². The standard InChI is InChI=1S/C29H48O3/c1-19(7-5-13-28(2,3)32)26-11-12-27-21(8-6-14-29(26,27)4)17-25(20-9-10-20)22-15-23(30)18-24(31)16-22/h17,19-20,23-24,26-27,30-32H,5-16,18H2,1-4H3/b21-17+/t19-,23-,24-,26-,27+,29-/m1/s1. The van der Waals surface area contributed by atoms with Gasteiger partial charge >= 0.3 is 0 Å². The van der Waals surface area contributed by atoms with Gasteiger partial charge in [-0.25, -0.2) is 0 Å². The maximum absolute atomic E-state index is 10.3. The molecule has 0 spiro atoms. The highest BCUT2D eigenvalue weighted by Crippen LogP contribution is 2.60. The molecule has 0 aromatic carbocycles. The van der Waals surface area contributed by atoms with Gasteiger partial charge in [0.25, 0.3) is 0 Å². The maximum Gasteiger partial charge on any atom is 0.0602 e. The summed E-state index contributed by atoms with van der Waals surface area (Å²) in [6.45, 7) is 8.90. The van der Waals surface area contributed by atoms with Crippen molar-refractivity contribution in [2.75, 3.05) is 0 Å². The van der Waals surface area contributed by atoms with E-state index < -0.39 is 5.60 Å². The molecular formula is C29H48O3. The summed E-state index contributed by atoms with van der Waals surface area (Å²) < 4.78 is 0. The first-order valence-electron chi connectivity index (χ1n) is 13.6. The van der Waals surface area contributed by atoms with Gasteiger partial charge in [-0.3, -0.25) is 0 Å². The molecule has 4 saturated carbocycles. The Hall–Kier alpha value is -0.640. The number of aliphatic hydroxyl groups is 3. The third-order valence-electron chi connectivity index (χ3n) is 9.45. The zero-order chi connectivity index (χ0) is 23.1. The maximum atomic E-state index is 10.3. The van der Waals surface area contributed by atoms with Gasteiger partial charge in [0.1, 0.15) is 0 Å². The van der Waals surface area contributed by atoms with Crippen LogP contribution in [0.5, 0.6) is 0 Å². The summed E-state index contributed by atoms with van der Waals surface area (Å²) in [4.78, 5) is 0. The molecule has 4 rings (SSSR count). The third kappa shape index (κ3) is 5.53. The summed E-state index contributed by atoms with van der Waals surface area (Å²) in [5, 5.41) is 30.7. The van der Waals surface area contributed by atoms with Gasteiger partial charge in [0.15, 0.2) is 0 Å². The van der Waals surface area contributed by atoms with Gasteiger partial charge in [0.05, 0.1) is 17.8 Å². The number of rotatable bonds is 7. The molecule has 4 fully saturated rings. The van der Waals surface area contributed by atoms with Crippen LogP contribution in [0.1, 0.15) is 111 Å². The lowest BCUT2D eigenvalue weighted by Crippen LogP contribution is -2.36. The van der Waals surface area contributed by atoms with Crippen LogP contribution in [0.15, 0.2) is 22.8 Å². The van der Waals surface area contributed by atoms with Gasteiger partial charge in [-0.05, 0) is 119 Å². The van der Waals surface area contributed by atoms with E-state index in [0.717, 1.165) is 37.5 Å². The highest BCUT2D eigenvalue weighted by atomic mass is 16.3. The van der Waals surface area contributed by atoms with E-state index in [4.69, 9.17) is 0 Å². The quantitative estimate of drug-likeness (QED) is 0.431. The molecule has 0 aliphatic heterocycles. The van der Waals surface area contributed by atoms with Crippen LogP contribution in [0.3, 0.4) is 0 Å². The Morgan fingerprint density at radius 2 is 1.81 bits per heavy atom. The molecule has 0 heterocycles. The van der Waals surface area contributed by atoms with Crippen molar-refractivity contribution in [3.63, 3.8) is 0 Å². The fourth-order valence-corrected chi connectivity index (χ4v) is 7.72. The van der Waals surface area contributed by atoms with Crippen molar-refractivity contribution < 1.29 is 15.3 Å². The van der Waals surface area contributed by atoms with Gasteiger partial charge in [-0.1, -0.05) is 43.9 Å². The molecule has 3 N–H and O–H groups in total. The lowest BCUT2D eigenvalue weighted by atomic mass is 9.60. The first-order chi connectivity index (χ1) is 15.1. The predicted molar refractivity (Wildman–Crippen MR) is 131 cm³/mol. The van der Waals surface area contributed by atoms with Crippen LogP contribution in [0.2, 0.25) is 0 Å². The van der Waals surface area contributed by atoms with Crippen molar-refractivity contribution in [2.45, 2.75) is 129 Å². The van der Waals surface area contributed by atoms with Gasteiger partial charge in [-0.15, -0.1) is 0 Å². The molecule has 4 aliphatic carbocycles. The highest BCUT2D eigenvalue weighted by molar-refractivity contribution is 5.37. The fourth-order valence-electron chi connectivity index (χ4n) is 7.72. The molecule has 0 aromatic heterocycles. The number of hydrogen-bond donors (Lipinski definition) is 3. The molecule has 0 unspecified atom stereocenters. The minimum Gasteiger partial charge on any atom is -0.393 e. The average Bonchev–Trinajstić information content (AvgIpc) is 3.45. The van der Waals surface area contributed by atoms with Crippen LogP contribution in [-0.4, -0.2) is 33.1 Å². The van der Waals surface area contributed by atoms with E-state index >= 15 is 0 Å². The molecule has 3 heteroatoms. The second kappa shape index (κ2) is 9.55. The van der Waals surface area contributed by atoms with Crippen LogP contribution in [0, 0.1) is 29.1 Å². The number of allylic oxidation sites excluding steroid dienone is 3. The summed E-state index contributed by atoms with van der Waals surface area (Å²) in [5.74, 6) is 2.87. The summed E-state index contributed by atoms with van der Waals surface area (Å²) in [5.41, 5.74) is 4.37. The summed E-state index contributed by atoms with van der Waals surface area (Å²) in [6.07, 6.45) is 16.2. The Morgan fingerprint density at radius 1 is 1.12 bits per heavy atom. The molecule has 0 saturated heterocycles. The van der Waals surface area contributed by atoms with Crippen molar-refractivity contribution in [3.8, 4) is 0 Å². The second-order valence-corrected chi connectivity index (χ2v) is 12.8. The molecule has 182 valence electrons. The van der Waals surface area contributed by atoms with Crippen LogP contribution >= 0.6 is 0 Å². The molecule has 4 aliphatic rings. The van der Waals surface area contributed by atoms with Crippen LogP contribution in [-0.2, 0) is 0 Å². The number of fused-ring (bicyclic) bond motifs is 1. The Morgan fingerprint density at radius 3 is 2.44 bits per heavy atom. The van der Waals surface area contributed by atoms with E-state index in [1.807, 2.05) is 13.8 Å². The van der Waals surface area contributed by atoms with Crippen molar-refractivity contribution in [1.29, 1.82) is 0 Å². The van der Waals surface area contributed by atoms with E-state index in [1.54, 1.807) is 5.57 Å². The summed E-state index contributed by atoms with van der Waals surface area (Å²) >= 11 is 0. The summed E-state index contributed by atoms with van der Waals surface area (Å²) in [7, 11) is 0. The first-order valence-corrected chi connectivity index (χ1v) is 13.6. The lowest BCUT2D eigenvalue weighted by molar-refractivity contribution is 0.0588. The van der Waals surface area contributed by atoms with E-state index in [2.05, 4.69) is 19.9 Å². The van der Waals surface area contributed by atoms with Gasteiger partial charge in [-0.2, -0.15) is 0 Å². The van der Waals surface area contributed by atoms with Gasteiger partial charge in [0.2, 0.25) is 0 Å². The monoisotopic (exact) mass is 444 g/mol. The first kappa shape index (κ1) is 24.5. The average molecular weight is 445 g/mol. The van der Waals surface area contributed by atoms with Crippen molar-refractivity contribution >= 4 is 0 Å². The normalized spacial score (nSPS) is 38.1. The molecule has 0 amide bonds. The topological polar surface area (TPSA) is 60.7 Å². The molecular weight excluding hydrogens is 396 g/mol. The Kier molecular flexibility index (Phi) is 7.30. The van der Waals surface area contributed by atoms with E-state index in [0.29, 0.717) is 23.7 Å². The molecule has 0 radical (unpaired) electrons. The Labute approximate surface area is 196 Å². The summed E-state index contributed by atoms with van der Waals surface area (Å²) in [6, 6.07) is 0. The molecule has 0 bridgehead atoms. The minimum atomic E-state index is -0.546. The number of hydrogen-bond acceptors (Lipinski definition) is 3. The largest absolute Gasteiger partial charge is 0.393 e. The lowest BCUT2D eigenvalue weighted by Gasteiger charge is -2.44.